The zero-order chi connectivity index (χ0) is 17.3. The van der Waals surface area contributed by atoms with Crippen LogP contribution in [0.5, 0.6) is 0 Å². The SMILES string of the molecule is CC(C)(C)CCC1(C(=O)c2cc(F)c(Cl)c(Cl)c2)CCNCC1. The van der Waals surface area contributed by atoms with Gasteiger partial charge in [-0.05, 0) is 56.3 Å². The van der Waals surface area contributed by atoms with E-state index < -0.39 is 11.2 Å². The summed E-state index contributed by atoms with van der Waals surface area (Å²) >= 11 is 11.7. The first kappa shape index (κ1) is 18.7. The van der Waals surface area contributed by atoms with Crippen LogP contribution in [0.15, 0.2) is 12.1 Å². The molecule has 0 radical (unpaired) electrons. The summed E-state index contributed by atoms with van der Waals surface area (Å²) in [5, 5.41) is 3.27. The number of ketones is 1. The van der Waals surface area contributed by atoms with Gasteiger partial charge in [-0.25, -0.2) is 4.39 Å². The molecule has 128 valence electrons. The van der Waals surface area contributed by atoms with Crippen molar-refractivity contribution in [2.24, 2.45) is 10.8 Å². The molecule has 0 amide bonds. The molecule has 1 aromatic carbocycles. The van der Waals surface area contributed by atoms with E-state index in [9.17, 15) is 9.18 Å². The lowest BCUT2D eigenvalue weighted by Crippen LogP contribution is -2.42. The van der Waals surface area contributed by atoms with Gasteiger partial charge in [-0.1, -0.05) is 44.0 Å². The number of Topliss-reactive ketones (excluding diaryl/α,β-unsaturated/α-hetero) is 1. The van der Waals surface area contributed by atoms with Gasteiger partial charge in [0.05, 0.1) is 10.0 Å². The van der Waals surface area contributed by atoms with Crippen molar-refractivity contribution in [1.82, 2.24) is 5.32 Å². The van der Waals surface area contributed by atoms with Gasteiger partial charge in [-0.3, -0.25) is 4.79 Å². The Balaban J connectivity index is 2.33. The molecule has 0 saturated carbocycles. The molecule has 1 N–H and O–H groups in total. The van der Waals surface area contributed by atoms with Crippen LogP contribution < -0.4 is 5.32 Å². The molecule has 1 saturated heterocycles. The number of carbonyl (C=O) groups is 1. The average Bonchev–Trinajstić information content (AvgIpc) is 2.49. The Kier molecular flexibility index (Phi) is 5.76. The topological polar surface area (TPSA) is 29.1 Å². The molecular formula is C18H24Cl2FNO. The molecule has 1 heterocycles. The fourth-order valence-corrected chi connectivity index (χ4v) is 3.42. The molecule has 2 nitrogen and oxygen atoms in total. The van der Waals surface area contributed by atoms with Crippen LogP contribution in [-0.4, -0.2) is 18.9 Å². The van der Waals surface area contributed by atoms with E-state index in [0.717, 1.165) is 38.8 Å². The second-order valence-electron chi connectivity index (χ2n) is 7.67. The van der Waals surface area contributed by atoms with Crippen molar-refractivity contribution in [2.75, 3.05) is 13.1 Å². The van der Waals surface area contributed by atoms with Crippen molar-refractivity contribution in [3.63, 3.8) is 0 Å². The molecule has 0 bridgehead atoms. The van der Waals surface area contributed by atoms with Crippen molar-refractivity contribution in [2.45, 2.75) is 46.5 Å². The summed E-state index contributed by atoms with van der Waals surface area (Å²) in [4.78, 5) is 13.2. The summed E-state index contributed by atoms with van der Waals surface area (Å²) in [6.45, 7) is 8.13. The van der Waals surface area contributed by atoms with Crippen LogP contribution in [0.3, 0.4) is 0 Å². The molecule has 0 aliphatic carbocycles. The minimum absolute atomic E-state index is 0.0132. The lowest BCUT2D eigenvalue weighted by Gasteiger charge is -2.38. The van der Waals surface area contributed by atoms with Crippen molar-refractivity contribution in [1.29, 1.82) is 0 Å². The number of hydrogen-bond donors (Lipinski definition) is 1. The van der Waals surface area contributed by atoms with Gasteiger partial charge < -0.3 is 5.32 Å². The van der Waals surface area contributed by atoms with Crippen molar-refractivity contribution >= 4 is 29.0 Å². The smallest absolute Gasteiger partial charge is 0.169 e. The molecule has 1 aliphatic rings. The lowest BCUT2D eigenvalue weighted by molar-refractivity contribution is 0.0676. The summed E-state index contributed by atoms with van der Waals surface area (Å²) in [7, 11) is 0. The van der Waals surface area contributed by atoms with E-state index in [0.29, 0.717) is 5.56 Å². The maximum Gasteiger partial charge on any atom is 0.169 e. The Labute approximate surface area is 147 Å². The van der Waals surface area contributed by atoms with Crippen molar-refractivity contribution < 1.29 is 9.18 Å². The first-order chi connectivity index (χ1) is 10.6. The largest absolute Gasteiger partial charge is 0.317 e. The number of carbonyl (C=O) groups excluding carboxylic acids is 1. The van der Waals surface area contributed by atoms with Crippen LogP contribution in [0.4, 0.5) is 4.39 Å². The molecule has 23 heavy (non-hydrogen) atoms. The van der Waals surface area contributed by atoms with E-state index in [4.69, 9.17) is 23.2 Å². The molecule has 5 heteroatoms. The van der Waals surface area contributed by atoms with E-state index in [1.54, 1.807) is 0 Å². The Morgan fingerprint density at radius 2 is 1.87 bits per heavy atom. The van der Waals surface area contributed by atoms with Gasteiger partial charge >= 0.3 is 0 Å². The van der Waals surface area contributed by atoms with Gasteiger partial charge in [0.2, 0.25) is 0 Å². The van der Waals surface area contributed by atoms with Gasteiger partial charge in [0, 0.05) is 11.0 Å². The molecular weight excluding hydrogens is 336 g/mol. The predicted molar refractivity (Wildman–Crippen MR) is 94.0 cm³/mol. The monoisotopic (exact) mass is 359 g/mol. The van der Waals surface area contributed by atoms with Gasteiger partial charge in [-0.15, -0.1) is 0 Å². The normalized spacial score (nSPS) is 18.0. The van der Waals surface area contributed by atoms with Crippen LogP contribution in [0.1, 0.15) is 56.8 Å². The standard InChI is InChI=1S/C18H24Cl2FNO/c1-17(2,3)4-5-18(6-8-22-9-7-18)16(23)12-10-13(19)15(20)14(21)11-12/h10-11,22H,4-9H2,1-3H3. The van der Waals surface area contributed by atoms with Crippen molar-refractivity contribution in [3.05, 3.63) is 33.6 Å². The highest BCUT2D eigenvalue weighted by Crippen LogP contribution is 2.41. The minimum atomic E-state index is -0.637. The van der Waals surface area contributed by atoms with Gasteiger partial charge in [0.15, 0.2) is 5.78 Å². The van der Waals surface area contributed by atoms with Crippen LogP contribution in [0.2, 0.25) is 10.0 Å². The van der Waals surface area contributed by atoms with Crippen LogP contribution in [0.25, 0.3) is 0 Å². The third kappa shape index (κ3) is 4.46. The molecule has 0 spiro atoms. The van der Waals surface area contributed by atoms with Crippen LogP contribution in [-0.2, 0) is 0 Å². The summed E-state index contributed by atoms with van der Waals surface area (Å²) in [5.41, 5.74) is 0.0381. The van der Waals surface area contributed by atoms with Gasteiger partial charge in [0.25, 0.3) is 0 Å². The lowest BCUT2D eigenvalue weighted by atomic mass is 9.68. The number of halogens is 3. The molecule has 0 unspecified atom stereocenters. The predicted octanol–water partition coefficient (Wildman–Crippen LogP) is 5.51. The fraction of sp³-hybridized carbons (Fsp3) is 0.611. The van der Waals surface area contributed by atoms with E-state index >= 15 is 0 Å². The second kappa shape index (κ2) is 7.08. The first-order valence-electron chi connectivity index (χ1n) is 8.05. The highest BCUT2D eigenvalue weighted by molar-refractivity contribution is 6.42. The molecule has 1 aromatic rings. The van der Waals surface area contributed by atoms with Gasteiger partial charge in [-0.2, -0.15) is 0 Å². The fourth-order valence-electron chi connectivity index (χ4n) is 3.10. The van der Waals surface area contributed by atoms with Crippen molar-refractivity contribution in [3.8, 4) is 0 Å². The Hall–Kier alpha value is -0.640. The molecule has 1 aliphatic heterocycles. The third-order valence-corrected chi connectivity index (χ3v) is 5.42. The number of piperidine rings is 1. The first-order valence-corrected chi connectivity index (χ1v) is 8.80. The summed E-state index contributed by atoms with van der Waals surface area (Å²) < 4.78 is 13.9. The summed E-state index contributed by atoms with van der Waals surface area (Å²) in [6, 6.07) is 2.72. The van der Waals surface area contributed by atoms with E-state index in [1.165, 1.54) is 12.1 Å². The Morgan fingerprint density at radius 1 is 1.26 bits per heavy atom. The number of benzene rings is 1. The Bertz CT molecular complexity index is 566. The minimum Gasteiger partial charge on any atom is -0.317 e. The highest BCUT2D eigenvalue weighted by Gasteiger charge is 2.40. The molecule has 1 fully saturated rings. The second-order valence-corrected chi connectivity index (χ2v) is 8.46. The zero-order valence-electron chi connectivity index (χ0n) is 13.9. The summed E-state index contributed by atoms with van der Waals surface area (Å²) in [5.74, 6) is -0.650. The van der Waals surface area contributed by atoms with E-state index in [2.05, 4.69) is 26.1 Å². The Morgan fingerprint density at radius 3 is 2.39 bits per heavy atom. The molecule has 0 atom stereocenters. The molecule has 2 rings (SSSR count). The third-order valence-electron chi connectivity index (χ3n) is 4.64. The van der Waals surface area contributed by atoms with Crippen LogP contribution >= 0.6 is 23.2 Å². The van der Waals surface area contributed by atoms with E-state index in [1.807, 2.05) is 0 Å². The number of rotatable bonds is 4. The van der Waals surface area contributed by atoms with E-state index in [-0.39, 0.29) is 21.2 Å². The molecule has 0 aromatic heterocycles. The maximum atomic E-state index is 13.9. The number of hydrogen-bond acceptors (Lipinski definition) is 2. The summed E-state index contributed by atoms with van der Waals surface area (Å²) in [6.07, 6.45) is 3.29. The van der Waals surface area contributed by atoms with Crippen LogP contribution in [0, 0.1) is 16.6 Å². The highest BCUT2D eigenvalue weighted by atomic mass is 35.5. The number of nitrogens with one attached hydrogen (secondary N) is 1. The quantitative estimate of drug-likeness (QED) is 0.567. The zero-order valence-corrected chi connectivity index (χ0v) is 15.5. The average molecular weight is 360 g/mol. The van der Waals surface area contributed by atoms with Gasteiger partial charge in [0.1, 0.15) is 5.82 Å². The maximum absolute atomic E-state index is 13.9.